The number of halogens is 1. The first-order valence-corrected chi connectivity index (χ1v) is 8.81. The second-order valence-electron chi connectivity index (χ2n) is 5.64. The molecular formula is C22H18ClNO3. The number of amides is 1. The summed E-state index contributed by atoms with van der Waals surface area (Å²) in [7, 11) is 0. The molecule has 1 amide bonds. The van der Waals surface area contributed by atoms with Gasteiger partial charge in [-0.05, 0) is 35.7 Å². The van der Waals surface area contributed by atoms with E-state index < -0.39 is 0 Å². The minimum absolute atomic E-state index is 0.0736. The fourth-order valence-electron chi connectivity index (χ4n) is 2.42. The molecule has 3 aromatic rings. The molecule has 0 saturated heterocycles. The number of fused-ring (bicyclic) bond motifs is 1. The molecule has 0 spiro atoms. The van der Waals surface area contributed by atoms with Gasteiger partial charge in [0.05, 0.1) is 6.54 Å². The largest absolute Gasteiger partial charge is 0.484 e. The summed E-state index contributed by atoms with van der Waals surface area (Å²) in [5, 5.41) is 5.46. The lowest BCUT2D eigenvalue weighted by atomic mass is 10.1. The maximum Gasteiger partial charge on any atom is 0.258 e. The van der Waals surface area contributed by atoms with E-state index in [1.54, 1.807) is 24.3 Å². The van der Waals surface area contributed by atoms with Gasteiger partial charge in [-0.15, -0.1) is 0 Å². The van der Waals surface area contributed by atoms with E-state index in [9.17, 15) is 4.79 Å². The number of benzene rings is 3. The van der Waals surface area contributed by atoms with Crippen LogP contribution in [0.1, 0.15) is 0 Å². The van der Waals surface area contributed by atoms with Crippen LogP contribution >= 0.6 is 11.6 Å². The summed E-state index contributed by atoms with van der Waals surface area (Å²) < 4.78 is 11.1. The fraction of sp³-hybridized carbons (Fsp3) is 0.136. The Labute approximate surface area is 163 Å². The Balaban J connectivity index is 1.39. The Morgan fingerprint density at radius 1 is 0.926 bits per heavy atom. The minimum Gasteiger partial charge on any atom is -0.484 e. The van der Waals surface area contributed by atoms with Crippen LogP contribution in [0.15, 0.2) is 66.7 Å². The van der Waals surface area contributed by atoms with Gasteiger partial charge in [-0.3, -0.25) is 4.79 Å². The predicted octanol–water partition coefficient (Wildman–Crippen LogP) is 4.07. The molecule has 3 aromatic carbocycles. The van der Waals surface area contributed by atoms with Gasteiger partial charge in [0, 0.05) is 10.4 Å². The Morgan fingerprint density at radius 3 is 2.56 bits per heavy atom. The fourth-order valence-corrected chi connectivity index (χ4v) is 2.55. The summed E-state index contributed by atoms with van der Waals surface area (Å²) in [6.45, 7) is 0.419. The van der Waals surface area contributed by atoms with Crippen LogP contribution in [0.4, 0.5) is 0 Å². The SMILES string of the molecule is O=C(COc1ccc(Cl)cc1)NCC#CCOc1cccc2ccccc12. The van der Waals surface area contributed by atoms with Crippen molar-refractivity contribution in [3.05, 3.63) is 71.8 Å². The Morgan fingerprint density at radius 2 is 1.70 bits per heavy atom. The molecule has 0 aliphatic heterocycles. The van der Waals surface area contributed by atoms with Gasteiger partial charge in [-0.1, -0.05) is 59.8 Å². The van der Waals surface area contributed by atoms with Crippen LogP contribution in [0.2, 0.25) is 5.02 Å². The van der Waals surface area contributed by atoms with E-state index >= 15 is 0 Å². The highest BCUT2D eigenvalue weighted by Crippen LogP contribution is 2.24. The molecule has 3 rings (SSSR count). The number of carbonyl (C=O) groups excluding carboxylic acids is 1. The molecule has 0 bridgehead atoms. The summed E-state index contributed by atoms with van der Waals surface area (Å²) >= 11 is 5.79. The van der Waals surface area contributed by atoms with Crippen molar-refractivity contribution in [1.29, 1.82) is 0 Å². The van der Waals surface area contributed by atoms with E-state index in [0.29, 0.717) is 10.8 Å². The van der Waals surface area contributed by atoms with Crippen LogP contribution in [-0.4, -0.2) is 25.7 Å². The lowest BCUT2D eigenvalue weighted by molar-refractivity contribution is -0.122. The predicted molar refractivity (Wildman–Crippen MR) is 107 cm³/mol. The third-order valence-electron chi connectivity index (χ3n) is 3.73. The number of rotatable bonds is 6. The topological polar surface area (TPSA) is 47.6 Å². The van der Waals surface area contributed by atoms with Crippen molar-refractivity contribution in [1.82, 2.24) is 5.32 Å². The Bertz CT molecular complexity index is 969. The summed E-state index contributed by atoms with van der Waals surface area (Å²) in [5.41, 5.74) is 0. The highest BCUT2D eigenvalue weighted by Gasteiger charge is 2.01. The number of hydrogen-bond donors (Lipinski definition) is 1. The molecule has 0 heterocycles. The minimum atomic E-state index is -0.241. The van der Waals surface area contributed by atoms with Crippen molar-refractivity contribution in [3.8, 4) is 23.3 Å². The molecule has 0 radical (unpaired) electrons. The lowest BCUT2D eigenvalue weighted by Crippen LogP contribution is -2.29. The zero-order valence-electron chi connectivity index (χ0n) is 14.6. The first-order chi connectivity index (χ1) is 13.2. The van der Waals surface area contributed by atoms with E-state index in [4.69, 9.17) is 21.1 Å². The Hall–Kier alpha value is -3.16. The average Bonchev–Trinajstić information content (AvgIpc) is 2.70. The van der Waals surface area contributed by atoms with E-state index in [1.807, 2.05) is 42.5 Å². The Kier molecular flexibility index (Phi) is 6.56. The zero-order valence-corrected chi connectivity index (χ0v) is 15.3. The van der Waals surface area contributed by atoms with Crippen molar-refractivity contribution in [2.24, 2.45) is 0 Å². The smallest absolute Gasteiger partial charge is 0.258 e. The van der Waals surface area contributed by atoms with Crippen LogP contribution in [0, 0.1) is 11.8 Å². The van der Waals surface area contributed by atoms with Gasteiger partial charge >= 0.3 is 0 Å². The normalized spacial score (nSPS) is 9.96. The third kappa shape index (κ3) is 5.67. The molecule has 1 N–H and O–H groups in total. The van der Waals surface area contributed by atoms with Gasteiger partial charge in [-0.2, -0.15) is 0 Å². The molecule has 0 fully saturated rings. The van der Waals surface area contributed by atoms with Crippen LogP contribution in [0.25, 0.3) is 10.8 Å². The maximum absolute atomic E-state index is 11.7. The van der Waals surface area contributed by atoms with Crippen molar-refractivity contribution >= 4 is 28.3 Å². The first-order valence-electron chi connectivity index (χ1n) is 8.44. The third-order valence-corrected chi connectivity index (χ3v) is 3.98. The monoisotopic (exact) mass is 379 g/mol. The van der Waals surface area contributed by atoms with Crippen LogP contribution < -0.4 is 14.8 Å². The van der Waals surface area contributed by atoms with Gasteiger partial charge < -0.3 is 14.8 Å². The second-order valence-corrected chi connectivity index (χ2v) is 6.08. The molecule has 4 nitrogen and oxygen atoms in total. The number of hydrogen-bond acceptors (Lipinski definition) is 3. The van der Waals surface area contributed by atoms with Crippen molar-refractivity contribution in [2.45, 2.75) is 0 Å². The van der Waals surface area contributed by atoms with E-state index in [2.05, 4.69) is 17.2 Å². The molecule has 0 atom stereocenters. The lowest BCUT2D eigenvalue weighted by Gasteiger charge is -2.06. The molecule has 0 aromatic heterocycles. The summed E-state index contributed by atoms with van der Waals surface area (Å²) in [4.78, 5) is 11.7. The van der Waals surface area contributed by atoms with E-state index in [1.165, 1.54) is 0 Å². The van der Waals surface area contributed by atoms with Crippen molar-refractivity contribution in [3.63, 3.8) is 0 Å². The first kappa shape index (κ1) is 18.6. The van der Waals surface area contributed by atoms with E-state index in [0.717, 1.165) is 16.5 Å². The highest BCUT2D eigenvalue weighted by molar-refractivity contribution is 6.30. The summed E-state index contributed by atoms with van der Waals surface area (Å²) in [5.74, 6) is 6.89. The van der Waals surface area contributed by atoms with Gasteiger partial charge in [0.1, 0.15) is 18.1 Å². The zero-order chi connectivity index (χ0) is 18.9. The van der Waals surface area contributed by atoms with Crippen molar-refractivity contribution in [2.75, 3.05) is 19.8 Å². The van der Waals surface area contributed by atoms with E-state index in [-0.39, 0.29) is 25.7 Å². The molecule has 0 aliphatic carbocycles. The summed E-state index contributed by atoms with van der Waals surface area (Å²) in [6.07, 6.45) is 0. The van der Waals surface area contributed by atoms with Gasteiger partial charge in [0.15, 0.2) is 6.61 Å². The van der Waals surface area contributed by atoms with Crippen LogP contribution in [-0.2, 0) is 4.79 Å². The molecule has 0 unspecified atom stereocenters. The molecule has 5 heteroatoms. The second kappa shape index (κ2) is 9.51. The number of ether oxygens (including phenoxy) is 2. The molecule has 0 aliphatic rings. The highest BCUT2D eigenvalue weighted by atomic mass is 35.5. The molecule has 136 valence electrons. The van der Waals surface area contributed by atoms with Crippen LogP contribution in [0.5, 0.6) is 11.5 Å². The molecule has 0 saturated carbocycles. The number of nitrogens with one attached hydrogen (secondary N) is 1. The van der Waals surface area contributed by atoms with Gasteiger partial charge in [0.25, 0.3) is 5.91 Å². The average molecular weight is 380 g/mol. The number of carbonyl (C=O) groups is 1. The van der Waals surface area contributed by atoms with Crippen LogP contribution in [0.3, 0.4) is 0 Å². The van der Waals surface area contributed by atoms with Gasteiger partial charge in [0.2, 0.25) is 0 Å². The molecule has 27 heavy (non-hydrogen) atoms. The van der Waals surface area contributed by atoms with Crippen molar-refractivity contribution < 1.29 is 14.3 Å². The summed E-state index contributed by atoms with van der Waals surface area (Å²) in [6, 6.07) is 20.7. The maximum atomic E-state index is 11.7. The quantitative estimate of drug-likeness (QED) is 0.657. The molecular weight excluding hydrogens is 362 g/mol. The van der Waals surface area contributed by atoms with Gasteiger partial charge in [-0.25, -0.2) is 0 Å². The standard InChI is InChI=1S/C22H18ClNO3/c23-18-10-12-19(13-11-18)27-16-22(25)24-14-3-4-15-26-21-9-5-7-17-6-1-2-8-20(17)21/h1-2,5-13H,14-16H2,(H,24,25).